The van der Waals surface area contributed by atoms with Gasteiger partial charge >= 0.3 is 66.0 Å². The molecule has 0 aliphatic heterocycles. The number of benzene rings is 1. The fourth-order valence-corrected chi connectivity index (χ4v) is 1.15. The van der Waals surface area contributed by atoms with Crippen molar-refractivity contribution >= 4 is 19.3 Å². The van der Waals surface area contributed by atoms with E-state index >= 15 is 0 Å². The summed E-state index contributed by atoms with van der Waals surface area (Å²) in [5.41, 5.74) is 0. The zero-order valence-electron chi connectivity index (χ0n) is 6.49. The van der Waals surface area contributed by atoms with Crippen LogP contribution in [0.2, 0.25) is 0 Å². The average Bonchev–Trinajstić information content (AvgIpc) is 2.08. The van der Waals surface area contributed by atoms with Gasteiger partial charge in [-0.1, -0.05) is 0 Å². The molecule has 0 aliphatic carbocycles. The van der Waals surface area contributed by atoms with E-state index in [1.54, 1.807) is 0 Å². The Morgan fingerprint density at radius 3 is 1.46 bits per heavy atom. The molecule has 0 spiro atoms. The summed E-state index contributed by atoms with van der Waals surface area (Å²) in [6.07, 6.45) is 0. The number of hydrogen-bond acceptors (Lipinski definition) is 4. The second kappa shape index (κ2) is 15.0. The van der Waals surface area contributed by atoms with Crippen molar-refractivity contribution in [3.63, 3.8) is 0 Å². The molecule has 0 N–H and O–H groups in total. The summed E-state index contributed by atoms with van der Waals surface area (Å²) in [7, 11) is -2.17. The van der Waals surface area contributed by atoms with Crippen LogP contribution < -0.4 is 11.8 Å². The standard InChI is InChI=1S/C6H5.La.2HO2P/c1-2-4-6-5-3-1;;2*1-3-2/h1-5H;;2*(H,1,2)/q;+2;;/p-2. The van der Waals surface area contributed by atoms with E-state index in [4.69, 9.17) is 18.9 Å². The Morgan fingerprint density at radius 1 is 1.00 bits per heavy atom. The first-order valence-corrected chi connectivity index (χ1v) is 6.20. The SMILES string of the molecule is O=P[O-].O=P[O-].[La+2][c]1ccccc1. The summed E-state index contributed by atoms with van der Waals surface area (Å²) in [6, 6.07) is 10.5. The summed E-state index contributed by atoms with van der Waals surface area (Å²) in [6.45, 7) is 0. The van der Waals surface area contributed by atoms with Gasteiger partial charge in [-0.25, -0.2) is 0 Å². The summed E-state index contributed by atoms with van der Waals surface area (Å²) in [5.74, 6) is 0. The van der Waals surface area contributed by atoms with Crippen molar-refractivity contribution in [2.24, 2.45) is 0 Å². The van der Waals surface area contributed by atoms with E-state index in [0.717, 1.165) is 33.7 Å². The Balaban J connectivity index is 0. The molecule has 0 saturated carbocycles. The number of hydrogen-bond donors (Lipinski definition) is 0. The molecule has 0 saturated heterocycles. The van der Waals surface area contributed by atoms with Crippen LogP contribution in [0.1, 0.15) is 0 Å². The summed E-state index contributed by atoms with van der Waals surface area (Å²) in [4.78, 5) is 16.7. The van der Waals surface area contributed by atoms with Gasteiger partial charge in [0.2, 0.25) is 0 Å². The van der Waals surface area contributed by atoms with Crippen LogP contribution in [-0.4, -0.2) is 0 Å². The van der Waals surface area contributed by atoms with Gasteiger partial charge in [0.25, 0.3) is 0 Å². The second-order valence-electron chi connectivity index (χ2n) is 1.56. The van der Waals surface area contributed by atoms with Gasteiger partial charge < -0.3 is 9.79 Å². The molecule has 1 aromatic carbocycles. The molecule has 1 aromatic rings. The van der Waals surface area contributed by atoms with Crippen molar-refractivity contribution in [1.29, 1.82) is 0 Å². The van der Waals surface area contributed by atoms with Crippen LogP contribution in [0.25, 0.3) is 0 Å². The monoisotopic (exact) mass is 342 g/mol. The fraction of sp³-hybridized carbons (Fsp3) is 0. The first kappa shape index (κ1) is 16.0. The molecule has 0 aromatic heterocycles. The van der Waals surface area contributed by atoms with Crippen molar-refractivity contribution in [1.82, 2.24) is 0 Å². The molecule has 0 amide bonds. The maximum atomic E-state index is 8.35. The quantitative estimate of drug-likeness (QED) is 0.620. The van der Waals surface area contributed by atoms with E-state index < -0.39 is 17.4 Å². The Hall–Kier alpha value is 0.535. The molecule has 0 bridgehead atoms. The van der Waals surface area contributed by atoms with Crippen LogP contribution in [0.3, 0.4) is 0 Å². The summed E-state index contributed by atoms with van der Waals surface area (Å²) >= 11 is 0.992. The van der Waals surface area contributed by atoms with Crippen molar-refractivity contribution in [3.8, 4) is 0 Å². The van der Waals surface area contributed by atoms with Gasteiger partial charge in [-0.3, -0.25) is 9.13 Å². The van der Waals surface area contributed by atoms with Crippen LogP contribution in [0.5, 0.6) is 0 Å². The Labute approximate surface area is 102 Å². The van der Waals surface area contributed by atoms with Crippen molar-refractivity contribution in [3.05, 3.63) is 30.3 Å². The molecule has 0 radical (unpaired) electrons. The van der Waals surface area contributed by atoms with Crippen molar-refractivity contribution in [2.75, 3.05) is 0 Å². The maximum absolute atomic E-state index is 8.35. The molecular formula is C6H5LaO4P2. The molecule has 0 aliphatic rings. The Morgan fingerprint density at radius 2 is 1.31 bits per heavy atom. The molecule has 7 heteroatoms. The summed E-state index contributed by atoms with van der Waals surface area (Å²) in [5, 5.41) is 0. The zero-order chi connectivity index (χ0) is 10.5. The van der Waals surface area contributed by atoms with Gasteiger partial charge in [-0.2, -0.15) is 0 Å². The van der Waals surface area contributed by atoms with E-state index in [-0.39, 0.29) is 0 Å². The first-order chi connectivity index (χ1) is 6.22. The van der Waals surface area contributed by atoms with Crippen molar-refractivity contribution < 1.29 is 52.6 Å². The van der Waals surface area contributed by atoms with Gasteiger partial charge in [-0.05, 0) is 0 Å². The topological polar surface area (TPSA) is 80.3 Å². The third kappa shape index (κ3) is 19.1. The average molecular weight is 342 g/mol. The Kier molecular flexibility index (Phi) is 18.5. The molecule has 1 rings (SSSR count). The minimum atomic E-state index is -1.08. The third-order valence-electron chi connectivity index (χ3n) is 0.800. The molecule has 0 fully saturated rings. The van der Waals surface area contributed by atoms with Crippen LogP contribution in [0.4, 0.5) is 0 Å². The molecule has 0 heterocycles. The summed E-state index contributed by atoms with van der Waals surface area (Å²) < 4.78 is 18.2. The molecule has 4 nitrogen and oxygen atoms in total. The number of rotatable bonds is 0. The van der Waals surface area contributed by atoms with E-state index in [0.29, 0.717) is 0 Å². The van der Waals surface area contributed by atoms with Crippen LogP contribution in [-0.2, 0) is 9.13 Å². The van der Waals surface area contributed by atoms with Gasteiger partial charge in [0.1, 0.15) is 0 Å². The van der Waals surface area contributed by atoms with Crippen LogP contribution in [0, 0.1) is 33.7 Å². The van der Waals surface area contributed by atoms with Crippen LogP contribution in [0.15, 0.2) is 30.3 Å². The van der Waals surface area contributed by atoms with E-state index in [1.165, 1.54) is 1.97 Å². The predicted molar refractivity (Wildman–Crippen MR) is 41.3 cm³/mol. The van der Waals surface area contributed by atoms with Gasteiger partial charge in [-0.15, -0.1) is 0 Å². The predicted octanol–water partition coefficient (Wildman–Crippen LogP) is -0.0320. The van der Waals surface area contributed by atoms with E-state index in [2.05, 4.69) is 24.3 Å². The van der Waals surface area contributed by atoms with Crippen LogP contribution >= 0.6 is 17.4 Å². The van der Waals surface area contributed by atoms with E-state index in [9.17, 15) is 0 Å². The Bertz CT molecular complexity index is 213. The second-order valence-corrected chi connectivity index (χ2v) is 3.95. The van der Waals surface area contributed by atoms with Crippen molar-refractivity contribution in [2.45, 2.75) is 0 Å². The fourth-order valence-electron chi connectivity index (χ4n) is 0.453. The normalized spacial score (nSPS) is 8.00. The minimum absolute atomic E-state index is 0.992. The van der Waals surface area contributed by atoms with E-state index in [1.807, 2.05) is 6.07 Å². The zero-order valence-corrected chi connectivity index (χ0v) is 11.9. The van der Waals surface area contributed by atoms with Gasteiger partial charge in [0, 0.05) is 0 Å². The molecule has 0 unspecified atom stereocenters. The van der Waals surface area contributed by atoms with Gasteiger partial charge in [0.05, 0.1) is 17.4 Å². The third-order valence-corrected chi connectivity index (χ3v) is 2.01. The first-order valence-electron chi connectivity index (χ1n) is 2.93. The molecule has 13 heavy (non-hydrogen) atoms. The van der Waals surface area contributed by atoms with Gasteiger partial charge in [0.15, 0.2) is 0 Å². The molecule has 0 atom stereocenters. The molecule has 66 valence electrons. The molecular weight excluding hydrogens is 337 g/mol.